The molecule has 0 bridgehead atoms. The minimum atomic E-state index is -3.47. The molecule has 0 amide bonds. The van der Waals surface area contributed by atoms with Gasteiger partial charge in [0.1, 0.15) is 5.76 Å². The van der Waals surface area contributed by atoms with Crippen LogP contribution < -0.4 is 0 Å². The van der Waals surface area contributed by atoms with Gasteiger partial charge >= 0.3 is 5.97 Å². The number of aromatic nitrogens is 1. The van der Waals surface area contributed by atoms with E-state index in [2.05, 4.69) is 5.16 Å². The molecular weight excluding hydrogens is 366 g/mol. The van der Waals surface area contributed by atoms with Gasteiger partial charge in [-0.3, -0.25) is 0 Å². The van der Waals surface area contributed by atoms with Crippen molar-refractivity contribution in [1.29, 1.82) is 0 Å². The summed E-state index contributed by atoms with van der Waals surface area (Å²) in [4.78, 5) is 12.1. The maximum Gasteiger partial charge on any atom is 0.336 e. The summed E-state index contributed by atoms with van der Waals surface area (Å²) in [6, 6.07) is 8.54. The third-order valence-electron chi connectivity index (χ3n) is 4.95. The first-order valence-electron chi connectivity index (χ1n) is 8.34. The van der Waals surface area contributed by atoms with E-state index in [4.69, 9.17) is 4.52 Å². The molecule has 1 aromatic heterocycles. The fourth-order valence-electron chi connectivity index (χ4n) is 3.84. The molecular formula is C20H17NO5S. The number of carboxylic acid groups (broad SMARTS) is 1. The molecule has 2 aromatic carbocycles. The SMILES string of the molecule is Cc1noc(C)c1-c1cc(C(=O)O)c2c(c1)-c1c(cccc1S(C)(=O)=O)C2. The molecule has 7 heteroatoms. The van der Waals surface area contributed by atoms with Gasteiger partial charge in [-0.25, -0.2) is 13.2 Å². The van der Waals surface area contributed by atoms with E-state index >= 15 is 0 Å². The van der Waals surface area contributed by atoms with Crippen LogP contribution in [0.1, 0.15) is 32.9 Å². The second kappa shape index (κ2) is 5.79. The van der Waals surface area contributed by atoms with Crippen molar-refractivity contribution in [2.75, 3.05) is 6.26 Å². The zero-order valence-electron chi connectivity index (χ0n) is 15.0. The number of hydrogen-bond acceptors (Lipinski definition) is 5. The molecule has 1 heterocycles. The van der Waals surface area contributed by atoms with Crippen molar-refractivity contribution < 1.29 is 22.8 Å². The Kier molecular flexibility index (Phi) is 3.75. The Morgan fingerprint density at radius 2 is 1.93 bits per heavy atom. The van der Waals surface area contributed by atoms with Gasteiger partial charge in [-0.2, -0.15) is 0 Å². The molecule has 0 radical (unpaired) electrons. The van der Waals surface area contributed by atoms with Crippen LogP contribution in [0.25, 0.3) is 22.3 Å². The van der Waals surface area contributed by atoms with Crippen molar-refractivity contribution in [1.82, 2.24) is 5.16 Å². The number of benzene rings is 2. The standard InChI is InChI=1S/C20H17NO5S/c1-10-18(11(2)26-21-10)13-8-15-14(16(9-13)20(22)23)7-12-5-4-6-17(19(12)15)27(3,24)25/h4-6,8-9H,7H2,1-3H3,(H,22,23). The normalized spacial score (nSPS) is 12.7. The van der Waals surface area contributed by atoms with E-state index in [1.165, 1.54) is 0 Å². The van der Waals surface area contributed by atoms with E-state index < -0.39 is 15.8 Å². The monoisotopic (exact) mass is 383 g/mol. The van der Waals surface area contributed by atoms with Crippen molar-refractivity contribution in [3.8, 4) is 22.3 Å². The summed E-state index contributed by atoms with van der Waals surface area (Å²) in [5.74, 6) is -0.466. The van der Waals surface area contributed by atoms with Gasteiger partial charge in [-0.15, -0.1) is 0 Å². The lowest BCUT2D eigenvalue weighted by atomic mass is 9.93. The molecule has 0 saturated heterocycles. The number of aryl methyl sites for hydroxylation is 2. The lowest BCUT2D eigenvalue weighted by Crippen LogP contribution is -2.03. The van der Waals surface area contributed by atoms with Crippen LogP contribution in [-0.4, -0.2) is 30.9 Å². The van der Waals surface area contributed by atoms with E-state index in [9.17, 15) is 18.3 Å². The summed E-state index contributed by atoms with van der Waals surface area (Å²) in [7, 11) is -3.47. The van der Waals surface area contributed by atoms with Gasteiger partial charge in [-0.05, 0) is 60.7 Å². The molecule has 3 aromatic rings. The average Bonchev–Trinajstić information content (AvgIpc) is 3.12. The number of rotatable bonds is 3. The number of nitrogens with zero attached hydrogens (tertiary/aromatic N) is 1. The maximum atomic E-state index is 12.3. The van der Waals surface area contributed by atoms with E-state index in [0.717, 1.165) is 17.4 Å². The molecule has 4 rings (SSSR count). The third kappa shape index (κ3) is 2.66. The van der Waals surface area contributed by atoms with Crippen LogP contribution in [0.5, 0.6) is 0 Å². The zero-order valence-corrected chi connectivity index (χ0v) is 15.8. The van der Waals surface area contributed by atoms with E-state index in [1.807, 2.05) is 12.1 Å². The highest BCUT2D eigenvalue weighted by molar-refractivity contribution is 7.90. The fourth-order valence-corrected chi connectivity index (χ4v) is 4.78. The highest BCUT2D eigenvalue weighted by Gasteiger charge is 2.30. The first-order valence-corrected chi connectivity index (χ1v) is 10.2. The van der Waals surface area contributed by atoms with Gasteiger partial charge in [0.2, 0.25) is 0 Å². The van der Waals surface area contributed by atoms with Crippen LogP contribution in [0.15, 0.2) is 39.8 Å². The quantitative estimate of drug-likeness (QED) is 0.580. The van der Waals surface area contributed by atoms with Gasteiger partial charge in [0.15, 0.2) is 9.84 Å². The Balaban J connectivity index is 2.09. The number of sulfone groups is 1. The van der Waals surface area contributed by atoms with Gasteiger partial charge in [-0.1, -0.05) is 17.3 Å². The molecule has 6 nitrogen and oxygen atoms in total. The molecule has 138 valence electrons. The summed E-state index contributed by atoms with van der Waals surface area (Å²) in [6.07, 6.45) is 1.55. The van der Waals surface area contributed by atoms with E-state index in [-0.39, 0.29) is 10.5 Å². The zero-order chi connectivity index (χ0) is 19.5. The maximum absolute atomic E-state index is 12.3. The lowest BCUT2D eigenvalue weighted by Gasteiger charge is -2.11. The minimum absolute atomic E-state index is 0.165. The summed E-state index contributed by atoms with van der Waals surface area (Å²) < 4.78 is 29.8. The fraction of sp³-hybridized carbons (Fsp3) is 0.200. The van der Waals surface area contributed by atoms with Gasteiger partial charge < -0.3 is 9.63 Å². The smallest absolute Gasteiger partial charge is 0.336 e. The third-order valence-corrected chi connectivity index (χ3v) is 6.09. The topological polar surface area (TPSA) is 97.5 Å². The number of carbonyl (C=O) groups is 1. The molecule has 1 aliphatic carbocycles. The number of carboxylic acids is 1. The molecule has 0 spiro atoms. The number of fused-ring (bicyclic) bond motifs is 3. The molecule has 0 atom stereocenters. The number of aromatic carboxylic acids is 1. The second-order valence-corrected chi connectivity index (χ2v) is 8.78. The van der Waals surface area contributed by atoms with Crippen molar-refractivity contribution in [2.45, 2.75) is 25.2 Å². The Morgan fingerprint density at radius 1 is 1.19 bits per heavy atom. The minimum Gasteiger partial charge on any atom is -0.478 e. The number of hydrogen-bond donors (Lipinski definition) is 1. The van der Waals surface area contributed by atoms with E-state index in [1.54, 1.807) is 32.0 Å². The van der Waals surface area contributed by atoms with Crippen LogP contribution in [0.4, 0.5) is 0 Å². The summed E-state index contributed by atoms with van der Waals surface area (Å²) >= 11 is 0. The van der Waals surface area contributed by atoms with Gasteiger partial charge in [0, 0.05) is 17.4 Å². The van der Waals surface area contributed by atoms with Crippen molar-refractivity contribution in [3.63, 3.8) is 0 Å². The van der Waals surface area contributed by atoms with Crippen LogP contribution in [0, 0.1) is 13.8 Å². The predicted molar refractivity (Wildman–Crippen MR) is 99.7 cm³/mol. The summed E-state index contributed by atoms with van der Waals surface area (Å²) in [5.41, 5.74) is 4.86. The van der Waals surface area contributed by atoms with Crippen molar-refractivity contribution >= 4 is 15.8 Å². The first kappa shape index (κ1) is 17.5. The highest BCUT2D eigenvalue weighted by Crippen LogP contribution is 2.44. The molecule has 27 heavy (non-hydrogen) atoms. The largest absolute Gasteiger partial charge is 0.478 e. The Labute approximate surface area is 156 Å². The molecule has 0 saturated carbocycles. The summed E-state index contributed by atoms with van der Waals surface area (Å²) in [6.45, 7) is 3.55. The van der Waals surface area contributed by atoms with Crippen LogP contribution in [0.2, 0.25) is 0 Å². The Morgan fingerprint density at radius 3 is 2.52 bits per heavy atom. The lowest BCUT2D eigenvalue weighted by molar-refractivity contribution is 0.0696. The first-order chi connectivity index (χ1) is 12.7. The predicted octanol–water partition coefficient (Wildman–Crippen LogP) is 3.63. The van der Waals surface area contributed by atoms with Crippen molar-refractivity contribution in [2.24, 2.45) is 0 Å². The average molecular weight is 383 g/mol. The molecule has 1 N–H and O–H groups in total. The van der Waals surface area contributed by atoms with E-state index in [0.29, 0.717) is 40.1 Å². The van der Waals surface area contributed by atoms with Crippen LogP contribution >= 0.6 is 0 Å². The van der Waals surface area contributed by atoms with Gasteiger partial charge in [0.05, 0.1) is 16.2 Å². The molecule has 0 fully saturated rings. The molecule has 1 aliphatic rings. The summed E-state index contributed by atoms with van der Waals surface area (Å²) in [5, 5.41) is 13.7. The molecule has 0 aliphatic heterocycles. The second-order valence-electron chi connectivity index (χ2n) is 6.79. The Bertz CT molecular complexity index is 1200. The van der Waals surface area contributed by atoms with Crippen LogP contribution in [0.3, 0.4) is 0 Å². The Hall–Kier alpha value is -2.93. The highest BCUT2D eigenvalue weighted by atomic mass is 32.2. The molecule has 0 unspecified atom stereocenters. The van der Waals surface area contributed by atoms with Gasteiger partial charge in [0.25, 0.3) is 0 Å². The van der Waals surface area contributed by atoms with Crippen LogP contribution in [-0.2, 0) is 16.3 Å². The van der Waals surface area contributed by atoms with Crippen molar-refractivity contribution in [3.05, 3.63) is 58.5 Å².